The standard InChI is InChI=1S/C30H22N3OS.Pt/c1-2-20-16-17-31-29(18-20)35-22-9-7-8-21(19-22)25-15-14-24-23-10-3-4-11-26(23)33(30(24)32-25)27-12-5-6-13-28(27)34;/h3-18,34H,2H2,1H3;/q-1;. The molecule has 0 spiro atoms. The van der Waals surface area contributed by atoms with Gasteiger partial charge in [-0.2, -0.15) is 0 Å². The second-order valence-corrected chi connectivity index (χ2v) is 9.36. The summed E-state index contributed by atoms with van der Waals surface area (Å²) < 4.78 is 2.03. The van der Waals surface area contributed by atoms with Crippen LogP contribution in [0.4, 0.5) is 0 Å². The van der Waals surface area contributed by atoms with Gasteiger partial charge < -0.3 is 5.11 Å². The summed E-state index contributed by atoms with van der Waals surface area (Å²) in [7, 11) is 0. The van der Waals surface area contributed by atoms with E-state index in [0.717, 1.165) is 49.5 Å². The maximum atomic E-state index is 10.6. The molecule has 3 aromatic heterocycles. The molecule has 6 heteroatoms. The number of phenols is 1. The summed E-state index contributed by atoms with van der Waals surface area (Å²) in [5.74, 6) is 0.217. The molecule has 0 saturated carbocycles. The minimum atomic E-state index is 0. The predicted molar refractivity (Wildman–Crippen MR) is 142 cm³/mol. The van der Waals surface area contributed by atoms with E-state index in [1.165, 1.54) is 5.56 Å². The number of para-hydroxylation sites is 3. The fraction of sp³-hybridized carbons (Fsp3) is 0.0667. The van der Waals surface area contributed by atoms with Crippen molar-refractivity contribution in [2.45, 2.75) is 23.3 Å². The van der Waals surface area contributed by atoms with Crippen LogP contribution in [0.5, 0.6) is 5.75 Å². The largest absolute Gasteiger partial charge is 0.506 e. The molecule has 0 atom stereocenters. The molecule has 0 bridgehead atoms. The van der Waals surface area contributed by atoms with Crippen LogP contribution in [0.25, 0.3) is 38.9 Å². The van der Waals surface area contributed by atoms with Crippen LogP contribution in [0.15, 0.2) is 107 Å². The molecule has 36 heavy (non-hydrogen) atoms. The summed E-state index contributed by atoms with van der Waals surface area (Å²) in [5, 5.41) is 13.7. The van der Waals surface area contributed by atoms with Gasteiger partial charge in [-0.05, 0) is 48.0 Å². The average Bonchev–Trinajstić information content (AvgIpc) is 3.23. The third kappa shape index (κ3) is 4.45. The Kier molecular flexibility index (Phi) is 6.95. The summed E-state index contributed by atoms with van der Waals surface area (Å²) in [4.78, 5) is 10.6. The van der Waals surface area contributed by atoms with Gasteiger partial charge in [0.25, 0.3) is 0 Å². The van der Waals surface area contributed by atoms with Gasteiger partial charge in [0.1, 0.15) is 11.4 Å². The van der Waals surface area contributed by atoms with E-state index < -0.39 is 0 Å². The minimum Gasteiger partial charge on any atom is -0.506 e. The first-order chi connectivity index (χ1) is 17.2. The van der Waals surface area contributed by atoms with Crippen LogP contribution in [0, 0.1) is 6.07 Å². The molecule has 0 aliphatic carbocycles. The second-order valence-electron chi connectivity index (χ2n) is 8.30. The van der Waals surface area contributed by atoms with Crippen molar-refractivity contribution in [1.82, 2.24) is 14.5 Å². The zero-order valence-corrected chi connectivity index (χ0v) is 22.5. The van der Waals surface area contributed by atoms with Crippen molar-refractivity contribution >= 4 is 33.7 Å². The molecular formula is C30H22N3OPtS-. The van der Waals surface area contributed by atoms with Gasteiger partial charge >= 0.3 is 0 Å². The topological polar surface area (TPSA) is 50.9 Å². The number of aromatic hydroxyl groups is 1. The Hall–Kier alpha value is -3.40. The van der Waals surface area contributed by atoms with Crippen molar-refractivity contribution in [3.05, 3.63) is 109 Å². The maximum Gasteiger partial charge on any atom is 0.139 e. The molecule has 0 amide bonds. The number of aryl methyl sites for hydroxylation is 1. The van der Waals surface area contributed by atoms with E-state index in [4.69, 9.17) is 4.98 Å². The van der Waals surface area contributed by atoms with Gasteiger partial charge in [0.2, 0.25) is 0 Å². The molecule has 0 unspecified atom stereocenters. The molecule has 3 heterocycles. The zero-order chi connectivity index (χ0) is 23.8. The number of nitrogens with zero attached hydrogens (tertiary/aromatic N) is 3. The van der Waals surface area contributed by atoms with Crippen molar-refractivity contribution in [3.8, 4) is 22.7 Å². The van der Waals surface area contributed by atoms with Crippen molar-refractivity contribution in [3.63, 3.8) is 0 Å². The van der Waals surface area contributed by atoms with Gasteiger partial charge in [-0.1, -0.05) is 66.0 Å². The molecule has 0 aliphatic heterocycles. The maximum absolute atomic E-state index is 10.6. The SMILES string of the molecule is CCc1ccnc(Sc2[c-]c(-c3ccc4c5ccccc5n(-c5ccccc5O)c4n3)ccc2)c1.[Pt]. The van der Waals surface area contributed by atoms with Crippen molar-refractivity contribution in [1.29, 1.82) is 0 Å². The van der Waals surface area contributed by atoms with Gasteiger partial charge in [-0.3, -0.25) is 9.55 Å². The van der Waals surface area contributed by atoms with E-state index in [2.05, 4.69) is 42.2 Å². The zero-order valence-electron chi connectivity index (χ0n) is 19.5. The van der Waals surface area contributed by atoms with E-state index in [1.807, 2.05) is 71.4 Å². The first-order valence-electron chi connectivity index (χ1n) is 11.6. The third-order valence-corrected chi connectivity index (χ3v) is 7.00. The number of hydrogen-bond donors (Lipinski definition) is 1. The number of hydrogen-bond acceptors (Lipinski definition) is 4. The van der Waals surface area contributed by atoms with Crippen molar-refractivity contribution in [2.75, 3.05) is 0 Å². The molecule has 4 nitrogen and oxygen atoms in total. The Labute approximate surface area is 228 Å². The van der Waals surface area contributed by atoms with Gasteiger partial charge in [-0.25, -0.2) is 4.98 Å². The minimum absolute atomic E-state index is 0. The Morgan fingerprint density at radius 2 is 1.72 bits per heavy atom. The molecule has 6 aromatic rings. The molecule has 0 aliphatic rings. The van der Waals surface area contributed by atoms with Crippen LogP contribution >= 0.6 is 11.8 Å². The number of aromatic nitrogens is 3. The van der Waals surface area contributed by atoms with E-state index >= 15 is 0 Å². The monoisotopic (exact) mass is 667 g/mol. The molecule has 180 valence electrons. The third-order valence-electron chi connectivity index (χ3n) is 6.11. The summed E-state index contributed by atoms with van der Waals surface area (Å²) >= 11 is 1.60. The van der Waals surface area contributed by atoms with E-state index in [-0.39, 0.29) is 26.8 Å². The summed E-state index contributed by atoms with van der Waals surface area (Å²) in [6, 6.07) is 33.5. The molecule has 1 N–H and O–H groups in total. The van der Waals surface area contributed by atoms with Gasteiger partial charge in [0.05, 0.1) is 16.2 Å². The van der Waals surface area contributed by atoms with Gasteiger partial charge in [0.15, 0.2) is 0 Å². The summed E-state index contributed by atoms with van der Waals surface area (Å²) in [6.45, 7) is 2.15. The van der Waals surface area contributed by atoms with Crippen LogP contribution < -0.4 is 0 Å². The normalized spacial score (nSPS) is 11.0. The number of benzene rings is 3. The van der Waals surface area contributed by atoms with Crippen LogP contribution in [-0.2, 0) is 27.5 Å². The van der Waals surface area contributed by atoms with Gasteiger partial charge in [0, 0.05) is 38.0 Å². The number of pyridine rings is 2. The van der Waals surface area contributed by atoms with E-state index in [1.54, 1.807) is 17.8 Å². The number of fused-ring (bicyclic) bond motifs is 3. The molecule has 3 aromatic carbocycles. The van der Waals surface area contributed by atoms with Crippen molar-refractivity contribution in [2.24, 2.45) is 0 Å². The molecule has 6 rings (SSSR count). The van der Waals surface area contributed by atoms with E-state index in [9.17, 15) is 5.11 Å². The van der Waals surface area contributed by atoms with Crippen molar-refractivity contribution < 1.29 is 26.2 Å². The summed E-state index contributed by atoms with van der Waals surface area (Å²) in [5.41, 5.74) is 5.52. The first-order valence-corrected chi connectivity index (χ1v) is 12.4. The van der Waals surface area contributed by atoms with Crippen LogP contribution in [-0.4, -0.2) is 19.6 Å². The summed E-state index contributed by atoms with van der Waals surface area (Å²) in [6.07, 6.45) is 2.84. The van der Waals surface area contributed by atoms with Crippen LogP contribution in [0.1, 0.15) is 12.5 Å². The van der Waals surface area contributed by atoms with Crippen LogP contribution in [0.2, 0.25) is 0 Å². The predicted octanol–water partition coefficient (Wildman–Crippen LogP) is 7.46. The van der Waals surface area contributed by atoms with E-state index in [0.29, 0.717) is 5.69 Å². The Balaban J connectivity index is 0.00000267. The molecule has 0 saturated heterocycles. The molecular weight excluding hydrogens is 645 g/mol. The molecule has 0 fully saturated rings. The second kappa shape index (κ2) is 10.3. The number of phenolic OH excluding ortho intramolecular Hbond substituents is 1. The number of rotatable bonds is 5. The Morgan fingerprint density at radius 3 is 2.58 bits per heavy atom. The average molecular weight is 668 g/mol. The first kappa shape index (κ1) is 24.3. The van der Waals surface area contributed by atoms with Crippen LogP contribution in [0.3, 0.4) is 0 Å². The fourth-order valence-corrected chi connectivity index (χ4v) is 5.24. The molecule has 0 radical (unpaired) electrons. The fourth-order valence-electron chi connectivity index (χ4n) is 4.38. The Morgan fingerprint density at radius 1 is 0.889 bits per heavy atom. The quantitative estimate of drug-likeness (QED) is 0.194. The smallest absolute Gasteiger partial charge is 0.139 e. The van der Waals surface area contributed by atoms with Gasteiger partial charge in [-0.15, -0.1) is 29.8 Å². The Bertz CT molecular complexity index is 1700.